The van der Waals surface area contributed by atoms with Crippen molar-refractivity contribution in [2.45, 2.75) is 15.4 Å². The van der Waals surface area contributed by atoms with Crippen LogP contribution < -0.4 is 0 Å². The summed E-state index contributed by atoms with van der Waals surface area (Å²) in [5, 5.41) is 29.4. The summed E-state index contributed by atoms with van der Waals surface area (Å²) >= 11 is 3.19. The number of hydrogen-bond donors (Lipinski definition) is 2. The van der Waals surface area contributed by atoms with Gasteiger partial charge in [0.15, 0.2) is 9.84 Å². The molecule has 0 unspecified atom stereocenters. The maximum atomic E-state index is 13.0. The Morgan fingerprint density at radius 1 is 1.13 bits per heavy atom. The summed E-state index contributed by atoms with van der Waals surface area (Å²) in [5.41, 5.74) is -1.61. The molecule has 1 aliphatic rings. The van der Waals surface area contributed by atoms with Gasteiger partial charge in [0, 0.05) is 23.5 Å². The third-order valence-corrected chi connectivity index (χ3v) is 9.78. The van der Waals surface area contributed by atoms with Crippen LogP contribution in [0.4, 0.5) is 0 Å². The number of sulfonamides is 1. The Kier molecular flexibility index (Phi) is 6.38. The SMILES string of the molecule is N#Cc1ccc(S(=O)(=O)C[C@H]2CN(S(=O)(=O)c3ccccc3Br)C[C@@]2(O)CO)cc1. The highest BCUT2D eigenvalue weighted by Crippen LogP contribution is 2.35. The molecule has 160 valence electrons. The van der Waals surface area contributed by atoms with Gasteiger partial charge in [-0.15, -0.1) is 0 Å². The summed E-state index contributed by atoms with van der Waals surface area (Å²) in [6.45, 7) is -1.49. The Bertz CT molecular complexity index is 1190. The number of β-amino-alcohol motifs (C(OH)–C–C–N with tert-alkyl or cyclic N) is 1. The number of benzene rings is 2. The molecular weight excluding hydrogens is 496 g/mol. The molecule has 8 nitrogen and oxygen atoms in total. The number of aliphatic hydroxyl groups excluding tert-OH is 1. The predicted molar refractivity (Wildman–Crippen MR) is 112 cm³/mol. The molecule has 1 heterocycles. The van der Waals surface area contributed by atoms with E-state index in [1.165, 1.54) is 30.3 Å². The topological polar surface area (TPSA) is 136 Å². The monoisotopic (exact) mass is 514 g/mol. The van der Waals surface area contributed by atoms with Gasteiger partial charge in [0.25, 0.3) is 0 Å². The number of halogens is 1. The Balaban J connectivity index is 1.90. The van der Waals surface area contributed by atoms with Crippen molar-refractivity contribution in [1.82, 2.24) is 4.31 Å². The fourth-order valence-electron chi connectivity index (χ4n) is 3.38. The summed E-state index contributed by atoms with van der Waals surface area (Å²) in [6, 6.07) is 13.4. The van der Waals surface area contributed by atoms with Gasteiger partial charge in [-0.05, 0) is 52.3 Å². The number of sulfone groups is 1. The molecule has 2 N–H and O–H groups in total. The zero-order valence-electron chi connectivity index (χ0n) is 15.6. The van der Waals surface area contributed by atoms with Crippen LogP contribution in [0.25, 0.3) is 0 Å². The quantitative estimate of drug-likeness (QED) is 0.589. The number of hydrogen-bond acceptors (Lipinski definition) is 7. The van der Waals surface area contributed by atoms with E-state index in [0.29, 0.717) is 10.0 Å². The first-order chi connectivity index (χ1) is 14.0. The van der Waals surface area contributed by atoms with Gasteiger partial charge in [0.1, 0.15) is 5.60 Å². The average molecular weight is 515 g/mol. The summed E-state index contributed by atoms with van der Waals surface area (Å²) in [7, 11) is -7.93. The molecule has 2 aromatic carbocycles. The normalized spacial score (nSPS) is 22.7. The van der Waals surface area contributed by atoms with Crippen molar-refractivity contribution < 1.29 is 27.0 Å². The molecule has 1 aliphatic heterocycles. The molecule has 2 atom stereocenters. The van der Waals surface area contributed by atoms with Gasteiger partial charge in [0.2, 0.25) is 10.0 Å². The second-order valence-corrected chi connectivity index (χ2v) is 11.9. The summed E-state index contributed by atoms with van der Waals surface area (Å²) < 4.78 is 53.0. The molecule has 0 bridgehead atoms. The first-order valence-electron chi connectivity index (χ1n) is 8.84. The molecule has 2 aromatic rings. The van der Waals surface area contributed by atoms with Crippen molar-refractivity contribution in [3.63, 3.8) is 0 Å². The molecule has 1 saturated heterocycles. The number of rotatable bonds is 6. The van der Waals surface area contributed by atoms with Crippen LogP contribution in [0.15, 0.2) is 62.8 Å². The van der Waals surface area contributed by atoms with Crippen molar-refractivity contribution in [2.24, 2.45) is 5.92 Å². The van der Waals surface area contributed by atoms with Crippen molar-refractivity contribution in [3.05, 3.63) is 58.6 Å². The minimum atomic E-state index is -4.03. The maximum absolute atomic E-state index is 13.0. The van der Waals surface area contributed by atoms with E-state index in [2.05, 4.69) is 15.9 Å². The molecule has 0 saturated carbocycles. The van der Waals surface area contributed by atoms with Crippen LogP contribution in [-0.4, -0.2) is 62.4 Å². The van der Waals surface area contributed by atoms with E-state index in [0.717, 1.165) is 4.31 Å². The van der Waals surface area contributed by atoms with E-state index in [1.807, 2.05) is 6.07 Å². The Morgan fingerprint density at radius 3 is 2.33 bits per heavy atom. The summed E-state index contributed by atoms with van der Waals surface area (Å²) in [6.07, 6.45) is 0. The van der Waals surface area contributed by atoms with Crippen molar-refractivity contribution in [2.75, 3.05) is 25.4 Å². The van der Waals surface area contributed by atoms with Gasteiger partial charge in [-0.25, -0.2) is 16.8 Å². The lowest BCUT2D eigenvalue weighted by molar-refractivity contribution is -0.0282. The fourth-order valence-corrected chi connectivity index (χ4v) is 7.58. The van der Waals surface area contributed by atoms with Crippen LogP contribution in [0.5, 0.6) is 0 Å². The third kappa shape index (κ3) is 4.30. The van der Waals surface area contributed by atoms with Gasteiger partial charge in [-0.3, -0.25) is 0 Å². The van der Waals surface area contributed by atoms with Gasteiger partial charge in [-0.2, -0.15) is 9.57 Å². The first kappa shape index (κ1) is 22.9. The van der Waals surface area contributed by atoms with Crippen LogP contribution in [0, 0.1) is 17.2 Å². The van der Waals surface area contributed by atoms with Crippen molar-refractivity contribution in [3.8, 4) is 6.07 Å². The smallest absolute Gasteiger partial charge is 0.244 e. The molecule has 0 aromatic heterocycles. The van der Waals surface area contributed by atoms with E-state index in [4.69, 9.17) is 5.26 Å². The van der Waals surface area contributed by atoms with Gasteiger partial charge >= 0.3 is 0 Å². The van der Waals surface area contributed by atoms with Crippen LogP contribution in [-0.2, 0) is 19.9 Å². The largest absolute Gasteiger partial charge is 0.393 e. The molecule has 0 radical (unpaired) electrons. The van der Waals surface area contributed by atoms with Crippen molar-refractivity contribution >= 4 is 35.8 Å². The molecule has 0 amide bonds. The second kappa shape index (κ2) is 8.37. The summed E-state index contributed by atoms with van der Waals surface area (Å²) in [4.78, 5) is -0.0604. The van der Waals surface area contributed by atoms with Crippen LogP contribution >= 0.6 is 15.9 Å². The highest BCUT2D eigenvalue weighted by atomic mass is 79.9. The number of nitriles is 1. The molecule has 1 fully saturated rings. The van der Waals surface area contributed by atoms with Crippen LogP contribution in [0.3, 0.4) is 0 Å². The minimum Gasteiger partial charge on any atom is -0.393 e. The van der Waals surface area contributed by atoms with E-state index in [-0.39, 0.29) is 16.3 Å². The zero-order chi connectivity index (χ0) is 22.2. The Morgan fingerprint density at radius 2 is 1.77 bits per heavy atom. The van der Waals surface area contributed by atoms with Crippen molar-refractivity contribution in [1.29, 1.82) is 5.26 Å². The summed E-state index contributed by atoms with van der Waals surface area (Å²) in [5.74, 6) is -1.60. The molecule has 30 heavy (non-hydrogen) atoms. The van der Waals surface area contributed by atoms with Gasteiger partial charge in [-0.1, -0.05) is 12.1 Å². The van der Waals surface area contributed by atoms with E-state index >= 15 is 0 Å². The predicted octanol–water partition coefficient (Wildman–Crippen LogP) is 1.14. The van der Waals surface area contributed by atoms with Crippen LogP contribution in [0.2, 0.25) is 0 Å². The number of nitrogens with zero attached hydrogens (tertiary/aromatic N) is 2. The number of aliphatic hydroxyl groups is 2. The van der Waals surface area contributed by atoms with Gasteiger partial charge in [0.05, 0.1) is 33.8 Å². The van der Waals surface area contributed by atoms with Crippen LogP contribution in [0.1, 0.15) is 5.56 Å². The van der Waals surface area contributed by atoms with E-state index in [1.54, 1.807) is 18.2 Å². The standard InChI is InChI=1S/C19H19BrN2O6S2/c20-17-3-1-2-4-18(17)30(27,28)22-10-15(19(24,12-22)13-23)11-29(25,26)16-7-5-14(9-21)6-8-16/h1-8,15,23-24H,10-13H2/t15-,19-/m1/s1. The molecule has 0 aliphatic carbocycles. The lowest BCUT2D eigenvalue weighted by atomic mass is 9.94. The molecule has 11 heteroatoms. The zero-order valence-corrected chi connectivity index (χ0v) is 18.9. The highest BCUT2D eigenvalue weighted by Gasteiger charge is 2.50. The first-order valence-corrected chi connectivity index (χ1v) is 12.7. The lowest BCUT2D eigenvalue weighted by Gasteiger charge is -2.26. The highest BCUT2D eigenvalue weighted by molar-refractivity contribution is 9.10. The fraction of sp³-hybridized carbons (Fsp3) is 0.316. The Hall–Kier alpha value is -1.81. The lowest BCUT2D eigenvalue weighted by Crippen LogP contribution is -2.44. The molecule has 3 rings (SSSR count). The second-order valence-electron chi connectivity index (χ2n) is 7.10. The maximum Gasteiger partial charge on any atom is 0.244 e. The minimum absolute atomic E-state index is 0.0131. The molecule has 0 spiro atoms. The molecular formula is C19H19BrN2O6S2. The average Bonchev–Trinajstić information content (AvgIpc) is 3.05. The van der Waals surface area contributed by atoms with Gasteiger partial charge < -0.3 is 10.2 Å². The Labute approximate surface area is 183 Å². The van der Waals surface area contributed by atoms with E-state index < -0.39 is 50.3 Å². The van der Waals surface area contributed by atoms with E-state index in [9.17, 15) is 27.0 Å². The third-order valence-electron chi connectivity index (χ3n) is 5.13.